The van der Waals surface area contributed by atoms with Gasteiger partial charge < -0.3 is 4.90 Å². The van der Waals surface area contributed by atoms with Gasteiger partial charge in [0.1, 0.15) is 5.82 Å². The molecule has 82 valence electrons. The van der Waals surface area contributed by atoms with Gasteiger partial charge in [-0.15, -0.1) is 11.6 Å². The van der Waals surface area contributed by atoms with E-state index in [1.807, 2.05) is 12.1 Å². The number of nitrogens with zero attached hydrogens (tertiary/aromatic N) is 2. The fourth-order valence-corrected chi connectivity index (χ4v) is 2.02. The molecule has 0 N–H and O–H groups in total. The molecule has 1 aromatic carbocycles. The van der Waals surface area contributed by atoms with Gasteiger partial charge in [-0.25, -0.2) is 4.39 Å². The summed E-state index contributed by atoms with van der Waals surface area (Å²) in [5, 5.41) is 0. The lowest BCUT2D eigenvalue weighted by atomic mass is 10.2. The molecule has 0 aromatic heterocycles. The Morgan fingerprint density at radius 3 is 2.20 bits per heavy atom. The normalized spacial score (nSPS) is 18.1. The first-order valence-electron chi connectivity index (χ1n) is 5.08. The number of rotatable bonds is 2. The molecule has 1 saturated heterocycles. The highest BCUT2D eigenvalue weighted by molar-refractivity contribution is 6.17. The number of piperazine rings is 1. The molecule has 0 radical (unpaired) electrons. The maximum Gasteiger partial charge on any atom is 0.123 e. The largest absolute Gasteiger partial charge is 0.369 e. The van der Waals surface area contributed by atoms with E-state index in [0.29, 0.717) is 6.00 Å². The van der Waals surface area contributed by atoms with Crippen molar-refractivity contribution in [2.24, 2.45) is 0 Å². The summed E-state index contributed by atoms with van der Waals surface area (Å²) in [6.45, 7) is 3.86. The van der Waals surface area contributed by atoms with Crippen molar-refractivity contribution >= 4 is 17.3 Å². The Hall–Kier alpha value is -0.800. The highest BCUT2D eigenvalue weighted by atomic mass is 35.5. The van der Waals surface area contributed by atoms with Crippen molar-refractivity contribution in [3.63, 3.8) is 0 Å². The van der Waals surface area contributed by atoms with Crippen molar-refractivity contribution < 1.29 is 4.39 Å². The second kappa shape index (κ2) is 4.81. The molecule has 1 aliphatic rings. The van der Waals surface area contributed by atoms with E-state index < -0.39 is 0 Å². The number of alkyl halides is 1. The van der Waals surface area contributed by atoms with Gasteiger partial charge in [0, 0.05) is 31.9 Å². The Kier molecular flexibility index (Phi) is 3.44. The van der Waals surface area contributed by atoms with Crippen LogP contribution in [0.25, 0.3) is 0 Å². The number of hydrogen-bond donors (Lipinski definition) is 0. The van der Waals surface area contributed by atoms with Crippen LogP contribution in [0.1, 0.15) is 0 Å². The van der Waals surface area contributed by atoms with E-state index in [-0.39, 0.29) is 5.82 Å². The summed E-state index contributed by atoms with van der Waals surface area (Å²) in [6.07, 6.45) is 0. The van der Waals surface area contributed by atoms with Crippen LogP contribution in [0.3, 0.4) is 0 Å². The fraction of sp³-hybridized carbons (Fsp3) is 0.455. The van der Waals surface area contributed by atoms with Gasteiger partial charge in [0.15, 0.2) is 0 Å². The molecule has 2 rings (SSSR count). The Labute approximate surface area is 94.2 Å². The van der Waals surface area contributed by atoms with Crippen LogP contribution in [-0.2, 0) is 0 Å². The van der Waals surface area contributed by atoms with E-state index in [9.17, 15) is 4.39 Å². The third-order valence-corrected chi connectivity index (χ3v) is 3.07. The van der Waals surface area contributed by atoms with Crippen LogP contribution in [0.5, 0.6) is 0 Å². The van der Waals surface area contributed by atoms with Gasteiger partial charge in [-0.2, -0.15) is 0 Å². The van der Waals surface area contributed by atoms with E-state index in [2.05, 4.69) is 9.80 Å². The van der Waals surface area contributed by atoms with E-state index >= 15 is 0 Å². The number of hydrogen-bond acceptors (Lipinski definition) is 2. The molecular weight excluding hydrogens is 215 g/mol. The monoisotopic (exact) mass is 228 g/mol. The van der Waals surface area contributed by atoms with Gasteiger partial charge in [0.25, 0.3) is 0 Å². The predicted octanol–water partition coefficient (Wildman–Crippen LogP) is 2.14. The first-order chi connectivity index (χ1) is 7.29. The van der Waals surface area contributed by atoms with Gasteiger partial charge in [-0.05, 0) is 24.3 Å². The molecule has 1 aromatic rings. The second-order valence-corrected chi connectivity index (χ2v) is 3.94. The van der Waals surface area contributed by atoms with Crippen molar-refractivity contribution in [3.8, 4) is 0 Å². The summed E-state index contributed by atoms with van der Waals surface area (Å²) in [6, 6.07) is 7.25. The predicted molar refractivity (Wildman–Crippen MR) is 60.9 cm³/mol. The molecule has 1 aliphatic heterocycles. The smallest absolute Gasteiger partial charge is 0.123 e. The van der Waals surface area contributed by atoms with Crippen LogP contribution >= 0.6 is 11.6 Å². The standard InChI is InChI=1S/C11H14ClFN2/c12-9-14-5-7-15(8-6-14)11-3-1-10(13)2-4-11/h1-4H,5-9H2. The van der Waals surface area contributed by atoms with Crippen LogP contribution in [0.15, 0.2) is 24.3 Å². The maximum absolute atomic E-state index is 12.7. The molecule has 0 amide bonds. The Morgan fingerprint density at radius 1 is 1.07 bits per heavy atom. The van der Waals surface area contributed by atoms with Crippen LogP contribution in [0, 0.1) is 5.82 Å². The quantitative estimate of drug-likeness (QED) is 0.565. The van der Waals surface area contributed by atoms with Crippen molar-refractivity contribution in [2.75, 3.05) is 37.1 Å². The lowest BCUT2D eigenvalue weighted by Crippen LogP contribution is -2.45. The maximum atomic E-state index is 12.7. The van der Waals surface area contributed by atoms with E-state index in [1.54, 1.807) is 0 Å². The van der Waals surface area contributed by atoms with Gasteiger partial charge in [-0.1, -0.05) is 0 Å². The minimum absolute atomic E-state index is 0.182. The van der Waals surface area contributed by atoms with E-state index in [0.717, 1.165) is 31.9 Å². The Bertz CT molecular complexity index is 307. The molecule has 2 nitrogen and oxygen atoms in total. The first kappa shape index (κ1) is 10.7. The van der Waals surface area contributed by atoms with Gasteiger partial charge in [0.2, 0.25) is 0 Å². The summed E-state index contributed by atoms with van der Waals surface area (Å²) >= 11 is 5.75. The SMILES string of the molecule is Fc1ccc(N2CCN(CCl)CC2)cc1. The van der Waals surface area contributed by atoms with Crippen molar-refractivity contribution in [1.82, 2.24) is 4.90 Å². The van der Waals surface area contributed by atoms with Gasteiger partial charge in [-0.3, -0.25) is 4.90 Å². The molecule has 0 spiro atoms. The van der Waals surface area contributed by atoms with Crippen LogP contribution in [0.4, 0.5) is 10.1 Å². The Morgan fingerprint density at radius 2 is 1.67 bits per heavy atom. The number of benzene rings is 1. The number of anilines is 1. The molecule has 0 aliphatic carbocycles. The summed E-state index contributed by atoms with van der Waals surface area (Å²) < 4.78 is 12.7. The average Bonchev–Trinajstić information content (AvgIpc) is 2.30. The van der Waals surface area contributed by atoms with Gasteiger partial charge >= 0.3 is 0 Å². The molecular formula is C11H14ClFN2. The first-order valence-corrected chi connectivity index (χ1v) is 5.62. The molecule has 4 heteroatoms. The second-order valence-electron chi connectivity index (χ2n) is 3.70. The highest BCUT2D eigenvalue weighted by Crippen LogP contribution is 2.16. The average molecular weight is 229 g/mol. The van der Waals surface area contributed by atoms with Crippen molar-refractivity contribution in [1.29, 1.82) is 0 Å². The fourth-order valence-electron chi connectivity index (χ4n) is 1.78. The van der Waals surface area contributed by atoms with Crippen LogP contribution in [-0.4, -0.2) is 37.1 Å². The summed E-state index contributed by atoms with van der Waals surface area (Å²) in [5.41, 5.74) is 1.09. The molecule has 1 fully saturated rings. The zero-order valence-electron chi connectivity index (χ0n) is 8.50. The summed E-state index contributed by atoms with van der Waals surface area (Å²) in [7, 11) is 0. The lowest BCUT2D eigenvalue weighted by molar-refractivity contribution is 0.298. The topological polar surface area (TPSA) is 6.48 Å². The third kappa shape index (κ3) is 2.61. The molecule has 1 heterocycles. The molecule has 15 heavy (non-hydrogen) atoms. The molecule has 0 unspecified atom stereocenters. The van der Waals surface area contributed by atoms with E-state index in [1.165, 1.54) is 12.1 Å². The van der Waals surface area contributed by atoms with Crippen LogP contribution < -0.4 is 4.90 Å². The molecule has 0 saturated carbocycles. The van der Waals surface area contributed by atoms with Gasteiger partial charge in [0.05, 0.1) is 6.00 Å². The number of halogens is 2. The summed E-state index contributed by atoms with van der Waals surface area (Å²) in [4.78, 5) is 4.45. The summed E-state index contributed by atoms with van der Waals surface area (Å²) in [5.74, 6) is -0.182. The Balaban J connectivity index is 1.98. The van der Waals surface area contributed by atoms with Crippen molar-refractivity contribution in [3.05, 3.63) is 30.1 Å². The van der Waals surface area contributed by atoms with E-state index in [4.69, 9.17) is 11.6 Å². The zero-order chi connectivity index (χ0) is 10.7. The highest BCUT2D eigenvalue weighted by Gasteiger charge is 2.15. The molecule has 0 bridgehead atoms. The zero-order valence-corrected chi connectivity index (χ0v) is 9.25. The lowest BCUT2D eigenvalue weighted by Gasteiger charge is -2.34. The minimum Gasteiger partial charge on any atom is -0.369 e. The third-order valence-electron chi connectivity index (χ3n) is 2.73. The molecule has 0 atom stereocenters. The van der Waals surface area contributed by atoms with Crippen LogP contribution in [0.2, 0.25) is 0 Å². The minimum atomic E-state index is -0.182. The van der Waals surface area contributed by atoms with Crippen molar-refractivity contribution in [2.45, 2.75) is 0 Å².